The Hall–Kier alpha value is -1.06. The van der Waals surface area contributed by atoms with Crippen molar-refractivity contribution in [1.82, 2.24) is 4.90 Å². The smallest absolute Gasteiger partial charge is 0.410 e. The second-order valence-electron chi connectivity index (χ2n) is 6.66. The molecule has 1 rings (SSSR count). The molecule has 21 heavy (non-hydrogen) atoms. The second kappa shape index (κ2) is 9.80. The Morgan fingerprint density at radius 1 is 1.00 bits per heavy atom. The van der Waals surface area contributed by atoms with E-state index in [9.17, 15) is 9.59 Å². The Labute approximate surface area is 129 Å². The van der Waals surface area contributed by atoms with Gasteiger partial charge in [-0.25, -0.2) is 4.79 Å². The summed E-state index contributed by atoms with van der Waals surface area (Å²) in [5, 5.41) is 0. The van der Waals surface area contributed by atoms with Crippen LogP contribution in [-0.4, -0.2) is 36.0 Å². The molecule has 122 valence electrons. The maximum absolute atomic E-state index is 11.6. The molecular formula is C17H31NO3. The molecule has 0 N–H and O–H groups in total. The molecule has 0 bridgehead atoms. The molecule has 1 saturated heterocycles. The van der Waals surface area contributed by atoms with E-state index >= 15 is 0 Å². The van der Waals surface area contributed by atoms with Crippen LogP contribution in [-0.2, 0) is 9.53 Å². The molecule has 0 spiro atoms. The lowest BCUT2D eigenvalue weighted by Gasteiger charge is -2.27. The third kappa shape index (κ3) is 6.96. The Balaban J connectivity index is 1.91. The average molecular weight is 297 g/mol. The van der Waals surface area contributed by atoms with E-state index < -0.39 is 0 Å². The Kier molecular flexibility index (Phi) is 8.40. The summed E-state index contributed by atoms with van der Waals surface area (Å²) in [7, 11) is 0. The molecule has 0 aliphatic carbocycles. The molecule has 0 aromatic heterocycles. The van der Waals surface area contributed by atoms with E-state index in [2.05, 4.69) is 13.8 Å². The molecule has 4 nitrogen and oxygen atoms in total. The quantitative estimate of drug-likeness (QED) is 0.398. The first-order valence-electron chi connectivity index (χ1n) is 8.46. The van der Waals surface area contributed by atoms with Crippen LogP contribution in [0.5, 0.6) is 0 Å². The van der Waals surface area contributed by atoms with Crippen LogP contribution in [0.2, 0.25) is 0 Å². The van der Waals surface area contributed by atoms with Gasteiger partial charge in [0.05, 0.1) is 5.54 Å². The molecular weight excluding hydrogens is 266 g/mol. The first-order valence-corrected chi connectivity index (χ1v) is 8.46. The Morgan fingerprint density at radius 3 is 2.00 bits per heavy atom. The lowest BCUT2D eigenvalue weighted by Crippen LogP contribution is -2.42. The number of carbonyl (C=O) groups excluding carboxylic acids is 2. The first kappa shape index (κ1) is 18.0. The molecule has 0 unspecified atom stereocenters. The number of aldehydes is 1. The van der Waals surface area contributed by atoms with E-state index in [4.69, 9.17) is 4.74 Å². The monoisotopic (exact) mass is 297 g/mol. The van der Waals surface area contributed by atoms with Crippen LogP contribution < -0.4 is 0 Å². The van der Waals surface area contributed by atoms with Gasteiger partial charge in [-0.1, -0.05) is 44.9 Å². The van der Waals surface area contributed by atoms with Gasteiger partial charge in [0, 0.05) is 13.0 Å². The SMILES string of the molecule is CC1(C)COC(=O)N1CCCCCCCCCCCC=O. The fourth-order valence-electron chi connectivity index (χ4n) is 2.77. The fraction of sp³-hybridized carbons (Fsp3) is 0.882. The van der Waals surface area contributed by atoms with Crippen molar-refractivity contribution in [2.75, 3.05) is 13.2 Å². The van der Waals surface area contributed by atoms with Gasteiger partial charge in [-0.15, -0.1) is 0 Å². The van der Waals surface area contributed by atoms with Crippen LogP contribution >= 0.6 is 0 Å². The van der Waals surface area contributed by atoms with Gasteiger partial charge in [0.25, 0.3) is 0 Å². The normalized spacial score (nSPS) is 17.0. The summed E-state index contributed by atoms with van der Waals surface area (Å²) >= 11 is 0. The van der Waals surface area contributed by atoms with Crippen LogP contribution in [0.25, 0.3) is 0 Å². The van der Waals surface area contributed by atoms with Gasteiger partial charge >= 0.3 is 6.09 Å². The molecule has 0 aromatic rings. The van der Waals surface area contributed by atoms with Crippen molar-refractivity contribution < 1.29 is 14.3 Å². The zero-order valence-corrected chi connectivity index (χ0v) is 13.7. The number of hydrogen-bond acceptors (Lipinski definition) is 3. The van der Waals surface area contributed by atoms with Crippen molar-refractivity contribution in [2.24, 2.45) is 0 Å². The minimum Gasteiger partial charge on any atom is -0.447 e. The third-order valence-electron chi connectivity index (χ3n) is 4.20. The maximum Gasteiger partial charge on any atom is 0.410 e. The standard InChI is InChI=1S/C17H31NO3/c1-17(2)15-21-16(20)18(17)13-11-9-7-5-3-4-6-8-10-12-14-19/h14H,3-13,15H2,1-2H3. The zero-order chi connectivity index (χ0) is 15.6. The highest BCUT2D eigenvalue weighted by Gasteiger charge is 2.38. The number of unbranched alkanes of at least 4 members (excludes halogenated alkanes) is 9. The molecule has 4 heteroatoms. The summed E-state index contributed by atoms with van der Waals surface area (Å²) < 4.78 is 5.10. The number of cyclic esters (lactones) is 1. The molecule has 1 heterocycles. The number of nitrogens with zero attached hydrogens (tertiary/aromatic N) is 1. The highest BCUT2D eigenvalue weighted by Crippen LogP contribution is 2.24. The second-order valence-corrected chi connectivity index (χ2v) is 6.66. The van der Waals surface area contributed by atoms with Gasteiger partial charge in [0.2, 0.25) is 0 Å². The van der Waals surface area contributed by atoms with Gasteiger partial charge in [-0.2, -0.15) is 0 Å². The van der Waals surface area contributed by atoms with Gasteiger partial charge in [0.1, 0.15) is 12.9 Å². The molecule has 0 aromatic carbocycles. The van der Waals surface area contributed by atoms with E-state index in [1.54, 1.807) is 0 Å². The lowest BCUT2D eigenvalue weighted by atomic mass is 10.0. The number of ether oxygens (including phenoxy) is 1. The molecule has 1 amide bonds. The summed E-state index contributed by atoms with van der Waals surface area (Å²) in [5.74, 6) is 0. The summed E-state index contributed by atoms with van der Waals surface area (Å²) in [5.41, 5.74) is -0.140. The Bertz CT molecular complexity index is 315. The highest BCUT2D eigenvalue weighted by atomic mass is 16.6. The van der Waals surface area contributed by atoms with Crippen molar-refractivity contribution >= 4 is 12.4 Å². The van der Waals surface area contributed by atoms with Crippen molar-refractivity contribution in [3.05, 3.63) is 0 Å². The number of hydrogen-bond donors (Lipinski definition) is 0. The zero-order valence-electron chi connectivity index (χ0n) is 13.7. The van der Waals surface area contributed by atoms with Gasteiger partial charge in [-0.3, -0.25) is 4.90 Å². The first-order chi connectivity index (χ1) is 10.1. The van der Waals surface area contributed by atoms with E-state index in [1.807, 2.05) is 4.90 Å². The average Bonchev–Trinajstić information content (AvgIpc) is 2.71. The number of amides is 1. The fourth-order valence-corrected chi connectivity index (χ4v) is 2.77. The number of carbonyl (C=O) groups is 2. The van der Waals surface area contributed by atoms with Crippen molar-refractivity contribution in [3.8, 4) is 0 Å². The van der Waals surface area contributed by atoms with Gasteiger partial charge in [0.15, 0.2) is 0 Å². The van der Waals surface area contributed by atoms with Gasteiger partial charge in [-0.05, 0) is 26.7 Å². The maximum atomic E-state index is 11.6. The topological polar surface area (TPSA) is 46.6 Å². The summed E-state index contributed by atoms with van der Waals surface area (Å²) in [6.45, 7) is 5.44. The third-order valence-corrected chi connectivity index (χ3v) is 4.20. The van der Waals surface area contributed by atoms with Crippen LogP contribution in [0.1, 0.15) is 78.1 Å². The largest absolute Gasteiger partial charge is 0.447 e. The minimum absolute atomic E-state index is 0.140. The van der Waals surface area contributed by atoms with Crippen LogP contribution in [0.4, 0.5) is 4.79 Å². The van der Waals surface area contributed by atoms with Gasteiger partial charge < -0.3 is 9.53 Å². The lowest BCUT2D eigenvalue weighted by molar-refractivity contribution is -0.107. The molecule has 0 saturated carbocycles. The Morgan fingerprint density at radius 2 is 1.52 bits per heavy atom. The molecule has 1 fully saturated rings. The van der Waals surface area contributed by atoms with E-state index in [0.717, 1.165) is 32.1 Å². The molecule has 0 atom stereocenters. The predicted molar refractivity (Wildman–Crippen MR) is 84.4 cm³/mol. The van der Waals surface area contributed by atoms with Crippen LogP contribution in [0.3, 0.4) is 0 Å². The van der Waals surface area contributed by atoms with E-state index in [0.29, 0.717) is 6.61 Å². The highest BCUT2D eigenvalue weighted by molar-refractivity contribution is 5.70. The molecule has 1 aliphatic rings. The summed E-state index contributed by atoms with van der Waals surface area (Å²) in [6.07, 6.45) is 12.4. The van der Waals surface area contributed by atoms with Crippen molar-refractivity contribution in [1.29, 1.82) is 0 Å². The van der Waals surface area contributed by atoms with Crippen molar-refractivity contribution in [2.45, 2.75) is 83.6 Å². The van der Waals surface area contributed by atoms with Crippen LogP contribution in [0, 0.1) is 0 Å². The number of rotatable bonds is 12. The molecule has 1 aliphatic heterocycles. The van der Waals surface area contributed by atoms with E-state index in [-0.39, 0.29) is 11.6 Å². The minimum atomic E-state index is -0.157. The van der Waals surface area contributed by atoms with Crippen molar-refractivity contribution in [3.63, 3.8) is 0 Å². The summed E-state index contributed by atoms with van der Waals surface area (Å²) in [4.78, 5) is 23.6. The predicted octanol–water partition coefficient (Wildman–Crippen LogP) is 4.32. The van der Waals surface area contributed by atoms with E-state index in [1.165, 1.54) is 44.9 Å². The summed E-state index contributed by atoms with van der Waals surface area (Å²) in [6, 6.07) is 0. The molecule has 0 radical (unpaired) electrons. The van der Waals surface area contributed by atoms with Crippen LogP contribution in [0.15, 0.2) is 0 Å².